The highest BCUT2D eigenvalue weighted by Crippen LogP contribution is 2.24. The van der Waals surface area contributed by atoms with E-state index >= 15 is 0 Å². The minimum atomic E-state index is 0.287. The molecule has 0 aliphatic rings. The lowest BCUT2D eigenvalue weighted by Gasteiger charge is -2.20. The van der Waals surface area contributed by atoms with Gasteiger partial charge >= 0.3 is 0 Å². The third-order valence-corrected chi connectivity index (χ3v) is 3.67. The molecule has 0 bridgehead atoms. The van der Waals surface area contributed by atoms with Gasteiger partial charge < -0.3 is 4.90 Å². The van der Waals surface area contributed by atoms with E-state index in [-0.39, 0.29) is 5.28 Å². The quantitative estimate of drug-likeness (QED) is 0.683. The Balaban J connectivity index is 1.86. The van der Waals surface area contributed by atoms with Crippen molar-refractivity contribution >= 4 is 28.3 Å². The van der Waals surface area contributed by atoms with Crippen LogP contribution in [0.15, 0.2) is 54.6 Å². The molecule has 0 saturated carbocycles. The highest BCUT2D eigenvalue weighted by atomic mass is 35.5. The van der Waals surface area contributed by atoms with Crippen molar-refractivity contribution in [3.63, 3.8) is 0 Å². The van der Waals surface area contributed by atoms with Gasteiger partial charge in [0.15, 0.2) is 0 Å². The molecule has 0 unspecified atom stereocenters. The Morgan fingerprint density at radius 2 is 1.67 bits per heavy atom. The Kier molecular flexibility index (Phi) is 4.02. The molecular weight excluding hydrogens is 282 g/mol. The van der Waals surface area contributed by atoms with Crippen LogP contribution in [0.25, 0.3) is 10.9 Å². The Bertz CT molecular complexity index is 743. The Hall–Kier alpha value is -2.13. The first kappa shape index (κ1) is 13.8. The zero-order valence-electron chi connectivity index (χ0n) is 11.8. The molecule has 0 aliphatic carbocycles. The van der Waals surface area contributed by atoms with Crippen LogP contribution in [-0.2, 0) is 6.42 Å². The third kappa shape index (κ3) is 3.14. The van der Waals surface area contributed by atoms with E-state index in [1.807, 2.05) is 37.4 Å². The normalized spacial score (nSPS) is 10.8. The summed E-state index contributed by atoms with van der Waals surface area (Å²) < 4.78 is 0. The molecule has 1 heterocycles. The smallest absolute Gasteiger partial charge is 0.224 e. The largest absolute Gasteiger partial charge is 0.359 e. The number of halogens is 1. The maximum atomic E-state index is 6.04. The molecule has 0 saturated heterocycles. The molecule has 0 atom stereocenters. The molecule has 1 aromatic heterocycles. The van der Waals surface area contributed by atoms with Crippen LogP contribution in [-0.4, -0.2) is 23.6 Å². The first-order valence-electron chi connectivity index (χ1n) is 6.91. The second-order valence-corrected chi connectivity index (χ2v) is 5.33. The Morgan fingerprint density at radius 3 is 2.48 bits per heavy atom. The van der Waals surface area contributed by atoms with Gasteiger partial charge in [-0.1, -0.05) is 42.5 Å². The number of fused-ring (bicyclic) bond motifs is 1. The minimum absolute atomic E-state index is 0.287. The Labute approximate surface area is 129 Å². The maximum Gasteiger partial charge on any atom is 0.224 e. The van der Waals surface area contributed by atoms with Gasteiger partial charge in [0.2, 0.25) is 5.28 Å². The summed E-state index contributed by atoms with van der Waals surface area (Å²) in [6.45, 7) is 0.876. The van der Waals surface area contributed by atoms with Crippen LogP contribution in [0.2, 0.25) is 5.28 Å². The third-order valence-electron chi connectivity index (χ3n) is 3.50. The molecule has 0 fully saturated rings. The summed E-state index contributed by atoms with van der Waals surface area (Å²) in [7, 11) is 2.04. The molecule has 3 nitrogen and oxygen atoms in total. The molecule has 3 aromatic rings. The number of aromatic nitrogens is 2. The topological polar surface area (TPSA) is 29.0 Å². The number of anilines is 1. The van der Waals surface area contributed by atoms with Crippen molar-refractivity contribution in [3.8, 4) is 0 Å². The second kappa shape index (κ2) is 6.10. The maximum absolute atomic E-state index is 6.04. The summed E-state index contributed by atoms with van der Waals surface area (Å²) in [5.74, 6) is 0.876. The molecule has 4 heteroatoms. The van der Waals surface area contributed by atoms with E-state index in [0.717, 1.165) is 29.7 Å². The van der Waals surface area contributed by atoms with E-state index in [9.17, 15) is 0 Å². The summed E-state index contributed by atoms with van der Waals surface area (Å²) in [5, 5.41) is 1.31. The van der Waals surface area contributed by atoms with Gasteiger partial charge in [0.1, 0.15) is 5.82 Å². The van der Waals surface area contributed by atoms with Crippen LogP contribution in [0.5, 0.6) is 0 Å². The van der Waals surface area contributed by atoms with Crippen LogP contribution < -0.4 is 4.90 Å². The predicted octanol–water partition coefficient (Wildman–Crippen LogP) is 3.96. The molecule has 0 N–H and O–H groups in total. The van der Waals surface area contributed by atoms with E-state index < -0.39 is 0 Å². The molecule has 2 aromatic carbocycles. The molecule has 0 amide bonds. The van der Waals surface area contributed by atoms with Gasteiger partial charge in [-0.05, 0) is 35.7 Å². The molecule has 0 spiro atoms. The van der Waals surface area contributed by atoms with Crippen molar-refractivity contribution in [2.24, 2.45) is 0 Å². The number of rotatable bonds is 4. The second-order valence-electron chi connectivity index (χ2n) is 4.99. The SMILES string of the molecule is CN(CCc1ccccc1)c1nc(Cl)nc2ccccc12. The standard InChI is InChI=1S/C17H16ClN3/c1-21(12-11-13-7-3-2-4-8-13)16-14-9-5-6-10-15(14)19-17(18)20-16/h2-10H,11-12H2,1H3. The van der Waals surface area contributed by atoms with Crippen LogP contribution >= 0.6 is 11.6 Å². The van der Waals surface area contributed by atoms with Crippen molar-refractivity contribution in [2.45, 2.75) is 6.42 Å². The molecule has 21 heavy (non-hydrogen) atoms. The van der Waals surface area contributed by atoms with Crippen LogP contribution in [0.4, 0.5) is 5.82 Å². The van der Waals surface area contributed by atoms with Crippen LogP contribution in [0.1, 0.15) is 5.56 Å². The number of hydrogen-bond acceptors (Lipinski definition) is 3. The van der Waals surface area contributed by atoms with Crippen molar-refractivity contribution in [1.82, 2.24) is 9.97 Å². The van der Waals surface area contributed by atoms with E-state index in [4.69, 9.17) is 11.6 Å². The van der Waals surface area contributed by atoms with Gasteiger partial charge in [-0.25, -0.2) is 4.98 Å². The van der Waals surface area contributed by atoms with Gasteiger partial charge in [-0.2, -0.15) is 4.98 Å². The number of hydrogen-bond donors (Lipinski definition) is 0. The number of para-hydroxylation sites is 1. The lowest BCUT2D eigenvalue weighted by atomic mass is 10.1. The van der Waals surface area contributed by atoms with E-state index in [0.29, 0.717) is 0 Å². The molecular formula is C17H16ClN3. The molecule has 0 aliphatic heterocycles. The summed E-state index contributed by atoms with van der Waals surface area (Å²) in [6.07, 6.45) is 0.966. The van der Waals surface area contributed by atoms with E-state index in [1.165, 1.54) is 5.56 Å². The highest BCUT2D eigenvalue weighted by molar-refractivity contribution is 6.28. The summed E-state index contributed by atoms with van der Waals surface area (Å²) >= 11 is 6.04. The van der Waals surface area contributed by atoms with Crippen molar-refractivity contribution in [3.05, 3.63) is 65.4 Å². The van der Waals surface area contributed by atoms with Crippen molar-refractivity contribution < 1.29 is 0 Å². The fourth-order valence-corrected chi connectivity index (χ4v) is 2.54. The Morgan fingerprint density at radius 1 is 0.952 bits per heavy atom. The fraction of sp³-hybridized carbons (Fsp3) is 0.176. The van der Waals surface area contributed by atoms with Gasteiger partial charge in [0.25, 0.3) is 0 Å². The zero-order chi connectivity index (χ0) is 14.7. The average molecular weight is 298 g/mol. The number of nitrogens with zero attached hydrogens (tertiary/aromatic N) is 3. The van der Waals surface area contributed by atoms with E-state index in [1.54, 1.807) is 0 Å². The van der Waals surface area contributed by atoms with Gasteiger partial charge in [-0.15, -0.1) is 0 Å². The van der Waals surface area contributed by atoms with Crippen molar-refractivity contribution in [1.29, 1.82) is 0 Å². The lowest BCUT2D eigenvalue weighted by molar-refractivity contribution is 0.862. The first-order chi connectivity index (χ1) is 10.2. The van der Waals surface area contributed by atoms with Gasteiger partial charge in [-0.3, -0.25) is 0 Å². The monoisotopic (exact) mass is 297 g/mol. The zero-order valence-corrected chi connectivity index (χ0v) is 12.6. The summed E-state index contributed by atoms with van der Waals surface area (Å²) in [4.78, 5) is 10.8. The van der Waals surface area contributed by atoms with Crippen LogP contribution in [0.3, 0.4) is 0 Å². The fourth-order valence-electron chi connectivity index (χ4n) is 2.37. The highest BCUT2D eigenvalue weighted by Gasteiger charge is 2.10. The molecule has 106 valence electrons. The predicted molar refractivity (Wildman–Crippen MR) is 88.0 cm³/mol. The minimum Gasteiger partial charge on any atom is -0.359 e. The first-order valence-corrected chi connectivity index (χ1v) is 7.29. The molecule has 3 rings (SSSR count). The van der Waals surface area contributed by atoms with Crippen molar-refractivity contribution in [2.75, 3.05) is 18.5 Å². The van der Waals surface area contributed by atoms with Crippen LogP contribution in [0, 0.1) is 0 Å². The van der Waals surface area contributed by atoms with E-state index in [2.05, 4.69) is 39.1 Å². The number of likely N-dealkylation sites (N-methyl/N-ethyl adjacent to an activating group) is 1. The average Bonchev–Trinajstić information content (AvgIpc) is 2.52. The number of benzene rings is 2. The lowest BCUT2D eigenvalue weighted by Crippen LogP contribution is -2.22. The van der Waals surface area contributed by atoms with Gasteiger partial charge in [0.05, 0.1) is 5.52 Å². The summed E-state index contributed by atoms with van der Waals surface area (Å²) in [5.41, 5.74) is 2.19. The van der Waals surface area contributed by atoms with Gasteiger partial charge in [0, 0.05) is 19.0 Å². The summed E-state index contributed by atoms with van der Waals surface area (Å²) in [6, 6.07) is 18.4. The molecule has 0 radical (unpaired) electrons.